The lowest BCUT2D eigenvalue weighted by atomic mass is 10.1. The van der Waals surface area contributed by atoms with Crippen molar-refractivity contribution in [1.29, 1.82) is 0 Å². The number of hydrogen-bond acceptors (Lipinski definition) is 8. The first-order valence-electron chi connectivity index (χ1n) is 11.6. The van der Waals surface area contributed by atoms with Gasteiger partial charge in [-0.25, -0.2) is 27.2 Å². The number of halogens is 2. The molecule has 5 rings (SSSR count). The van der Waals surface area contributed by atoms with Gasteiger partial charge in [0, 0.05) is 37.7 Å². The zero-order valence-electron chi connectivity index (χ0n) is 21.0. The first kappa shape index (κ1) is 24.8. The molecule has 13 heteroatoms. The van der Waals surface area contributed by atoms with Crippen LogP contribution in [0.3, 0.4) is 0 Å². The van der Waals surface area contributed by atoms with E-state index >= 15 is 8.78 Å². The zero-order chi connectivity index (χ0) is 26.6. The molecule has 1 saturated carbocycles. The predicted octanol–water partition coefficient (Wildman–Crippen LogP) is 4.29. The standard InChI is InChI=1S/C24H26F2N8O2S/c1-12-8-18(32-31-12)28-23-19(14-6-7-14)20(21-13(2)27-11-33(21)3)29-24(30-23)34(4)22-16(25)9-15(10-17(22)26)37(5,35)36/h8-11,14H,6-7H2,1-5H3,(H2,28,29,30,31,32). The van der Waals surface area contributed by atoms with E-state index in [-0.39, 0.29) is 11.9 Å². The number of benzene rings is 1. The van der Waals surface area contributed by atoms with Gasteiger partial charge >= 0.3 is 0 Å². The molecule has 1 aliphatic carbocycles. The van der Waals surface area contributed by atoms with E-state index in [1.54, 1.807) is 6.33 Å². The second kappa shape index (κ2) is 8.91. The highest BCUT2D eigenvalue weighted by Gasteiger charge is 2.34. The molecule has 4 aromatic rings. The van der Waals surface area contributed by atoms with Gasteiger partial charge in [0.2, 0.25) is 5.95 Å². The van der Waals surface area contributed by atoms with Gasteiger partial charge in [-0.05, 0) is 44.7 Å². The van der Waals surface area contributed by atoms with Crippen molar-refractivity contribution < 1.29 is 17.2 Å². The lowest BCUT2D eigenvalue weighted by molar-refractivity contribution is 0.569. The smallest absolute Gasteiger partial charge is 0.232 e. The molecule has 0 amide bonds. The van der Waals surface area contributed by atoms with Crippen molar-refractivity contribution in [2.24, 2.45) is 7.05 Å². The Labute approximate surface area is 212 Å². The minimum absolute atomic E-state index is 0.0136. The summed E-state index contributed by atoms with van der Waals surface area (Å²) in [5.74, 6) is -0.875. The number of rotatable bonds is 7. The number of hydrogen-bond donors (Lipinski definition) is 2. The number of sulfone groups is 1. The summed E-state index contributed by atoms with van der Waals surface area (Å²) in [6.07, 6.45) is 4.47. The van der Waals surface area contributed by atoms with Crippen LogP contribution in [0.1, 0.15) is 35.7 Å². The largest absolute Gasteiger partial charge is 0.332 e. The van der Waals surface area contributed by atoms with Crippen molar-refractivity contribution in [3.05, 3.63) is 53.1 Å². The number of nitrogens with zero attached hydrogens (tertiary/aromatic N) is 6. The van der Waals surface area contributed by atoms with Crippen LogP contribution in [-0.4, -0.2) is 51.4 Å². The third kappa shape index (κ3) is 4.66. The first-order valence-corrected chi connectivity index (χ1v) is 13.4. The van der Waals surface area contributed by atoms with Gasteiger partial charge in [-0.2, -0.15) is 10.1 Å². The van der Waals surface area contributed by atoms with E-state index in [1.165, 1.54) is 11.9 Å². The van der Waals surface area contributed by atoms with E-state index in [0.717, 1.165) is 53.9 Å². The molecule has 0 atom stereocenters. The van der Waals surface area contributed by atoms with Crippen molar-refractivity contribution in [3.63, 3.8) is 0 Å². The highest BCUT2D eigenvalue weighted by atomic mass is 32.2. The molecular weight excluding hydrogens is 502 g/mol. The Morgan fingerprint density at radius 3 is 2.32 bits per heavy atom. The average Bonchev–Trinajstić information content (AvgIpc) is 3.48. The van der Waals surface area contributed by atoms with E-state index in [2.05, 4.69) is 25.5 Å². The van der Waals surface area contributed by atoms with Gasteiger partial charge in [-0.15, -0.1) is 0 Å². The fraction of sp³-hybridized carbons (Fsp3) is 0.333. The predicted molar refractivity (Wildman–Crippen MR) is 135 cm³/mol. The number of anilines is 4. The SMILES string of the molecule is Cc1cc(Nc2nc(N(C)c3c(F)cc(S(C)(=O)=O)cc3F)nc(-c3c(C)ncn3C)c2C2CC2)n[nH]1. The highest BCUT2D eigenvalue weighted by Crippen LogP contribution is 2.48. The van der Waals surface area contributed by atoms with Crippen LogP contribution in [0, 0.1) is 25.5 Å². The molecule has 0 unspecified atom stereocenters. The summed E-state index contributed by atoms with van der Waals surface area (Å²) in [5, 5.41) is 10.4. The number of H-pyrrole nitrogens is 1. The van der Waals surface area contributed by atoms with Crippen molar-refractivity contribution in [3.8, 4) is 11.4 Å². The molecule has 0 bridgehead atoms. The summed E-state index contributed by atoms with van der Waals surface area (Å²) < 4.78 is 55.8. The summed E-state index contributed by atoms with van der Waals surface area (Å²) in [7, 11) is -0.529. The van der Waals surface area contributed by atoms with Gasteiger partial charge in [0.1, 0.15) is 11.5 Å². The van der Waals surface area contributed by atoms with E-state index in [0.29, 0.717) is 17.3 Å². The molecule has 37 heavy (non-hydrogen) atoms. The van der Waals surface area contributed by atoms with E-state index in [9.17, 15) is 8.42 Å². The maximum atomic E-state index is 15.1. The molecule has 3 aromatic heterocycles. The third-order valence-corrected chi connectivity index (χ3v) is 7.36. The number of aromatic nitrogens is 6. The summed E-state index contributed by atoms with van der Waals surface area (Å²) >= 11 is 0. The molecule has 0 spiro atoms. The summed E-state index contributed by atoms with van der Waals surface area (Å²) in [5.41, 5.74) is 3.35. The van der Waals surface area contributed by atoms with Gasteiger partial charge in [0.25, 0.3) is 0 Å². The van der Waals surface area contributed by atoms with Gasteiger partial charge < -0.3 is 14.8 Å². The van der Waals surface area contributed by atoms with Gasteiger partial charge in [0.05, 0.1) is 28.3 Å². The second-order valence-electron chi connectivity index (χ2n) is 9.33. The molecule has 0 radical (unpaired) electrons. The zero-order valence-corrected chi connectivity index (χ0v) is 21.8. The molecule has 0 saturated heterocycles. The summed E-state index contributed by atoms with van der Waals surface area (Å²) in [6.45, 7) is 3.74. The number of aryl methyl sites for hydroxylation is 3. The van der Waals surface area contributed by atoms with Gasteiger partial charge in [0.15, 0.2) is 27.3 Å². The molecule has 1 fully saturated rings. The Morgan fingerprint density at radius 1 is 1.14 bits per heavy atom. The Hall–Kier alpha value is -3.87. The van der Waals surface area contributed by atoms with Crippen LogP contribution in [0.2, 0.25) is 0 Å². The van der Waals surface area contributed by atoms with Gasteiger partial charge in [-0.1, -0.05) is 0 Å². The van der Waals surface area contributed by atoms with Crippen LogP contribution >= 0.6 is 0 Å². The molecule has 3 heterocycles. The number of imidazole rings is 1. The number of aromatic amines is 1. The van der Waals surface area contributed by atoms with Gasteiger partial charge in [-0.3, -0.25) is 5.10 Å². The minimum Gasteiger partial charge on any atom is -0.332 e. The molecule has 1 aromatic carbocycles. The van der Waals surface area contributed by atoms with Crippen LogP contribution in [-0.2, 0) is 16.9 Å². The maximum Gasteiger partial charge on any atom is 0.232 e. The van der Waals surface area contributed by atoms with Crippen LogP contribution in [0.25, 0.3) is 11.4 Å². The van der Waals surface area contributed by atoms with Crippen molar-refractivity contribution in [1.82, 2.24) is 29.7 Å². The summed E-state index contributed by atoms with van der Waals surface area (Å²) in [6, 6.07) is 3.40. The molecule has 0 aliphatic heterocycles. The monoisotopic (exact) mass is 528 g/mol. The lowest BCUT2D eigenvalue weighted by Crippen LogP contribution is -2.19. The van der Waals surface area contributed by atoms with Crippen molar-refractivity contribution >= 4 is 33.1 Å². The molecule has 194 valence electrons. The molecule has 2 N–H and O–H groups in total. The van der Waals surface area contributed by atoms with Crippen molar-refractivity contribution in [2.75, 3.05) is 23.5 Å². The number of nitrogens with one attached hydrogen (secondary N) is 2. The van der Waals surface area contributed by atoms with E-state index in [1.807, 2.05) is 31.5 Å². The fourth-order valence-electron chi connectivity index (χ4n) is 4.31. The Bertz CT molecular complexity index is 1580. The topological polar surface area (TPSA) is 122 Å². The molecule has 1 aliphatic rings. The van der Waals surface area contributed by atoms with E-state index in [4.69, 9.17) is 4.98 Å². The molecular formula is C24H26F2N8O2S. The quantitative estimate of drug-likeness (QED) is 0.364. The highest BCUT2D eigenvalue weighted by molar-refractivity contribution is 7.90. The Balaban J connectivity index is 1.71. The normalized spacial score (nSPS) is 13.7. The van der Waals surface area contributed by atoms with Crippen molar-refractivity contribution in [2.45, 2.75) is 37.5 Å². The van der Waals surface area contributed by atoms with E-state index < -0.39 is 32.1 Å². The second-order valence-corrected chi connectivity index (χ2v) is 11.3. The van der Waals surface area contributed by atoms with Crippen LogP contribution in [0.15, 0.2) is 29.4 Å². The fourth-order valence-corrected chi connectivity index (χ4v) is 4.94. The first-order chi connectivity index (χ1) is 17.4. The third-order valence-electron chi connectivity index (χ3n) is 6.27. The molecule has 10 nitrogen and oxygen atoms in total. The maximum absolute atomic E-state index is 15.1. The Kier molecular flexibility index (Phi) is 5.97. The average molecular weight is 529 g/mol. The summed E-state index contributed by atoms with van der Waals surface area (Å²) in [4.78, 5) is 14.6. The lowest BCUT2D eigenvalue weighted by Gasteiger charge is -2.23. The van der Waals surface area contributed by atoms with Crippen LogP contribution < -0.4 is 10.2 Å². The minimum atomic E-state index is -3.81. The van der Waals surface area contributed by atoms with Crippen LogP contribution in [0.5, 0.6) is 0 Å². The Morgan fingerprint density at radius 2 is 1.81 bits per heavy atom. The van der Waals surface area contributed by atoms with Crippen LogP contribution in [0.4, 0.5) is 32.1 Å².